The highest BCUT2D eigenvalue weighted by molar-refractivity contribution is 5.64. The average molecular weight is 262 g/mol. The molecule has 0 atom stereocenters. The number of nitrogens with one attached hydrogen (secondary N) is 1. The number of hydrogen-bond acceptors (Lipinski definition) is 3. The van der Waals surface area contributed by atoms with E-state index in [0.29, 0.717) is 6.04 Å². The molecule has 19 heavy (non-hydrogen) atoms. The molecule has 1 heterocycles. The Labute approximate surface area is 115 Å². The standard InChI is InChI=1S/C15H26N4/c1-9(2)19-15(14(16)10(3)18-19)17-8-13(11-4-5-11)12-6-7-12/h9,11-13,17H,4-8,16H2,1-3H3. The summed E-state index contributed by atoms with van der Waals surface area (Å²) >= 11 is 0. The smallest absolute Gasteiger partial charge is 0.148 e. The van der Waals surface area contributed by atoms with Gasteiger partial charge in [-0.25, -0.2) is 4.68 Å². The van der Waals surface area contributed by atoms with Gasteiger partial charge in [-0.1, -0.05) is 0 Å². The van der Waals surface area contributed by atoms with Crippen LogP contribution >= 0.6 is 0 Å². The highest BCUT2D eigenvalue weighted by Gasteiger charge is 2.41. The molecule has 0 aromatic carbocycles. The number of anilines is 2. The Morgan fingerprint density at radius 3 is 2.32 bits per heavy atom. The molecule has 1 aromatic heterocycles. The average Bonchev–Trinajstić information content (AvgIpc) is 3.24. The van der Waals surface area contributed by atoms with Crippen molar-refractivity contribution in [1.82, 2.24) is 9.78 Å². The molecule has 3 rings (SSSR count). The summed E-state index contributed by atoms with van der Waals surface area (Å²) in [6, 6.07) is 0.346. The van der Waals surface area contributed by atoms with Gasteiger partial charge in [0, 0.05) is 12.6 Å². The third-order valence-corrected chi connectivity index (χ3v) is 4.58. The minimum absolute atomic E-state index is 0.346. The molecule has 0 spiro atoms. The maximum Gasteiger partial charge on any atom is 0.148 e. The lowest BCUT2D eigenvalue weighted by atomic mass is 9.98. The topological polar surface area (TPSA) is 55.9 Å². The molecule has 0 unspecified atom stereocenters. The molecule has 2 fully saturated rings. The minimum Gasteiger partial charge on any atom is -0.394 e. The minimum atomic E-state index is 0.346. The first-order valence-corrected chi connectivity index (χ1v) is 7.66. The van der Waals surface area contributed by atoms with Crippen molar-refractivity contribution in [1.29, 1.82) is 0 Å². The van der Waals surface area contributed by atoms with Crippen molar-refractivity contribution in [3.8, 4) is 0 Å². The van der Waals surface area contributed by atoms with Gasteiger partial charge < -0.3 is 11.1 Å². The van der Waals surface area contributed by atoms with Gasteiger partial charge in [0.15, 0.2) is 0 Å². The Balaban J connectivity index is 1.71. The van der Waals surface area contributed by atoms with Gasteiger partial charge in [-0.05, 0) is 64.2 Å². The van der Waals surface area contributed by atoms with Crippen LogP contribution in [0.4, 0.5) is 11.5 Å². The Morgan fingerprint density at radius 2 is 1.84 bits per heavy atom. The van der Waals surface area contributed by atoms with Crippen LogP contribution in [0, 0.1) is 24.7 Å². The maximum atomic E-state index is 6.17. The predicted octanol–water partition coefficient (Wildman–Crippen LogP) is 3.20. The van der Waals surface area contributed by atoms with Gasteiger partial charge in [-0.15, -0.1) is 0 Å². The summed E-state index contributed by atoms with van der Waals surface area (Å²) in [5.74, 6) is 3.82. The second-order valence-electron chi connectivity index (χ2n) is 6.61. The van der Waals surface area contributed by atoms with Crippen molar-refractivity contribution in [2.24, 2.45) is 17.8 Å². The molecule has 0 amide bonds. The Hall–Kier alpha value is -1.19. The molecule has 2 saturated carbocycles. The number of nitrogens with zero attached hydrogens (tertiary/aromatic N) is 2. The summed E-state index contributed by atoms with van der Waals surface area (Å²) in [7, 11) is 0. The van der Waals surface area contributed by atoms with Crippen molar-refractivity contribution in [3.63, 3.8) is 0 Å². The highest BCUT2D eigenvalue weighted by Crippen LogP contribution is 2.49. The van der Waals surface area contributed by atoms with Gasteiger partial charge in [0.05, 0.1) is 11.4 Å². The molecule has 1 aromatic rings. The first-order valence-electron chi connectivity index (χ1n) is 7.66. The Morgan fingerprint density at radius 1 is 1.26 bits per heavy atom. The van der Waals surface area contributed by atoms with E-state index >= 15 is 0 Å². The quantitative estimate of drug-likeness (QED) is 0.827. The van der Waals surface area contributed by atoms with E-state index in [0.717, 1.165) is 41.5 Å². The first-order chi connectivity index (χ1) is 9.08. The number of nitrogens with two attached hydrogens (primary N) is 1. The van der Waals surface area contributed by atoms with Crippen LogP contribution in [0.25, 0.3) is 0 Å². The lowest BCUT2D eigenvalue weighted by molar-refractivity contribution is 0.425. The number of aryl methyl sites for hydroxylation is 1. The van der Waals surface area contributed by atoms with Crippen LogP contribution in [0.5, 0.6) is 0 Å². The van der Waals surface area contributed by atoms with E-state index in [1.807, 2.05) is 11.6 Å². The van der Waals surface area contributed by atoms with E-state index in [1.54, 1.807) is 0 Å². The lowest BCUT2D eigenvalue weighted by Crippen LogP contribution is -2.21. The van der Waals surface area contributed by atoms with Crippen LogP contribution in [0.1, 0.15) is 51.3 Å². The van der Waals surface area contributed by atoms with Gasteiger partial charge >= 0.3 is 0 Å². The fourth-order valence-corrected chi connectivity index (χ4v) is 3.09. The molecule has 2 aliphatic carbocycles. The van der Waals surface area contributed by atoms with Crippen molar-refractivity contribution in [2.75, 3.05) is 17.6 Å². The third kappa shape index (κ3) is 2.58. The molecular weight excluding hydrogens is 236 g/mol. The van der Waals surface area contributed by atoms with Gasteiger partial charge in [-0.2, -0.15) is 5.10 Å². The number of nitrogen functional groups attached to an aromatic ring is 1. The summed E-state index contributed by atoms with van der Waals surface area (Å²) in [6.45, 7) is 7.35. The van der Waals surface area contributed by atoms with Crippen molar-refractivity contribution < 1.29 is 0 Å². The molecule has 0 saturated heterocycles. The van der Waals surface area contributed by atoms with Crippen LogP contribution in [-0.4, -0.2) is 16.3 Å². The van der Waals surface area contributed by atoms with Crippen molar-refractivity contribution in [2.45, 2.75) is 52.5 Å². The summed E-state index contributed by atoms with van der Waals surface area (Å²) in [4.78, 5) is 0. The normalized spacial score (nSPS) is 19.4. The molecule has 3 N–H and O–H groups in total. The highest BCUT2D eigenvalue weighted by atomic mass is 15.4. The van der Waals surface area contributed by atoms with Crippen LogP contribution in [0.3, 0.4) is 0 Å². The zero-order valence-corrected chi connectivity index (χ0v) is 12.3. The molecule has 0 aliphatic heterocycles. The van der Waals surface area contributed by atoms with E-state index in [1.165, 1.54) is 25.7 Å². The van der Waals surface area contributed by atoms with E-state index in [4.69, 9.17) is 5.73 Å². The van der Waals surface area contributed by atoms with Gasteiger partial charge in [0.2, 0.25) is 0 Å². The zero-order valence-electron chi connectivity index (χ0n) is 12.3. The predicted molar refractivity (Wildman–Crippen MR) is 79.2 cm³/mol. The van der Waals surface area contributed by atoms with Gasteiger partial charge in [-0.3, -0.25) is 0 Å². The molecular formula is C15H26N4. The SMILES string of the molecule is Cc1nn(C(C)C)c(NCC(C2CC2)C2CC2)c1N. The fourth-order valence-electron chi connectivity index (χ4n) is 3.09. The number of aromatic nitrogens is 2. The number of rotatable bonds is 6. The van der Waals surface area contributed by atoms with Crippen LogP contribution in [0.2, 0.25) is 0 Å². The summed E-state index contributed by atoms with van der Waals surface area (Å²) in [5, 5.41) is 8.14. The second kappa shape index (κ2) is 4.73. The van der Waals surface area contributed by atoms with E-state index in [-0.39, 0.29) is 0 Å². The van der Waals surface area contributed by atoms with Crippen LogP contribution < -0.4 is 11.1 Å². The summed E-state index contributed by atoms with van der Waals surface area (Å²) in [6.07, 6.45) is 5.73. The van der Waals surface area contributed by atoms with E-state index in [9.17, 15) is 0 Å². The second-order valence-corrected chi connectivity index (χ2v) is 6.61. The van der Waals surface area contributed by atoms with Gasteiger partial charge in [0.25, 0.3) is 0 Å². The summed E-state index contributed by atoms with van der Waals surface area (Å²) < 4.78 is 2.03. The zero-order chi connectivity index (χ0) is 13.6. The molecule has 2 aliphatic rings. The molecule has 4 nitrogen and oxygen atoms in total. The van der Waals surface area contributed by atoms with E-state index < -0.39 is 0 Å². The number of hydrogen-bond donors (Lipinski definition) is 2. The molecule has 106 valence electrons. The largest absolute Gasteiger partial charge is 0.394 e. The Kier molecular flexibility index (Phi) is 3.19. The molecule has 0 bridgehead atoms. The van der Waals surface area contributed by atoms with Crippen LogP contribution in [-0.2, 0) is 0 Å². The van der Waals surface area contributed by atoms with Crippen LogP contribution in [0.15, 0.2) is 0 Å². The molecule has 0 radical (unpaired) electrons. The van der Waals surface area contributed by atoms with Crippen molar-refractivity contribution >= 4 is 11.5 Å². The maximum absolute atomic E-state index is 6.17. The Bertz CT molecular complexity index is 443. The monoisotopic (exact) mass is 262 g/mol. The first kappa shape index (κ1) is 12.8. The van der Waals surface area contributed by atoms with Crippen molar-refractivity contribution in [3.05, 3.63) is 5.69 Å². The lowest BCUT2D eigenvalue weighted by Gasteiger charge is -2.19. The third-order valence-electron chi connectivity index (χ3n) is 4.58. The van der Waals surface area contributed by atoms with Gasteiger partial charge in [0.1, 0.15) is 5.82 Å². The molecule has 4 heteroatoms. The fraction of sp³-hybridized carbons (Fsp3) is 0.800. The summed E-state index contributed by atoms with van der Waals surface area (Å²) in [5.41, 5.74) is 7.92. The van der Waals surface area contributed by atoms with E-state index in [2.05, 4.69) is 24.3 Å².